The molecule has 2 rings (SSSR count). The van der Waals surface area contributed by atoms with Gasteiger partial charge in [-0.3, -0.25) is 10.1 Å². The first-order chi connectivity index (χ1) is 9.00. The Labute approximate surface area is 111 Å². The Bertz CT molecular complexity index is 548. The SMILES string of the molecule is CC(CN)(Nc1ccc([N+](=O)[O-])cc1C#N)C1CC1. The fraction of sp³-hybridized carbons (Fsp3) is 0.462. The lowest BCUT2D eigenvalue weighted by molar-refractivity contribution is -0.384. The molecule has 0 amide bonds. The average molecular weight is 260 g/mol. The molecule has 100 valence electrons. The molecule has 19 heavy (non-hydrogen) atoms. The Kier molecular flexibility index (Phi) is 3.40. The van der Waals surface area contributed by atoms with Gasteiger partial charge in [-0.25, -0.2) is 0 Å². The predicted octanol–water partition coefficient (Wildman–Crippen LogP) is 2.01. The maximum atomic E-state index is 10.7. The van der Waals surface area contributed by atoms with E-state index in [1.54, 1.807) is 6.07 Å². The van der Waals surface area contributed by atoms with Crippen LogP contribution in [0.4, 0.5) is 11.4 Å². The van der Waals surface area contributed by atoms with Gasteiger partial charge in [-0.1, -0.05) is 0 Å². The minimum Gasteiger partial charge on any atom is -0.377 e. The van der Waals surface area contributed by atoms with Gasteiger partial charge in [0.2, 0.25) is 0 Å². The number of benzene rings is 1. The van der Waals surface area contributed by atoms with Crippen molar-refractivity contribution in [1.82, 2.24) is 0 Å². The highest BCUT2D eigenvalue weighted by Gasteiger charge is 2.40. The summed E-state index contributed by atoms with van der Waals surface area (Å²) in [6, 6.07) is 6.25. The molecule has 3 N–H and O–H groups in total. The number of nitrogens with one attached hydrogen (secondary N) is 1. The molecular formula is C13H16N4O2. The van der Waals surface area contributed by atoms with Gasteiger partial charge in [0, 0.05) is 24.2 Å². The summed E-state index contributed by atoms with van der Waals surface area (Å²) < 4.78 is 0. The zero-order valence-corrected chi connectivity index (χ0v) is 10.7. The van der Waals surface area contributed by atoms with E-state index in [0.717, 1.165) is 12.8 Å². The van der Waals surface area contributed by atoms with Crippen molar-refractivity contribution in [2.45, 2.75) is 25.3 Å². The normalized spacial score (nSPS) is 17.3. The van der Waals surface area contributed by atoms with Gasteiger partial charge in [0.15, 0.2) is 0 Å². The van der Waals surface area contributed by atoms with E-state index in [-0.39, 0.29) is 16.8 Å². The van der Waals surface area contributed by atoms with E-state index >= 15 is 0 Å². The highest BCUT2D eigenvalue weighted by molar-refractivity contribution is 5.62. The smallest absolute Gasteiger partial charge is 0.270 e. The topological polar surface area (TPSA) is 105 Å². The van der Waals surface area contributed by atoms with Crippen molar-refractivity contribution in [3.8, 4) is 6.07 Å². The minimum absolute atomic E-state index is 0.0806. The first-order valence-corrected chi connectivity index (χ1v) is 6.17. The van der Waals surface area contributed by atoms with Crippen LogP contribution >= 0.6 is 0 Å². The molecule has 0 aliphatic heterocycles. The molecule has 0 saturated heterocycles. The number of non-ortho nitro benzene ring substituents is 1. The third kappa shape index (κ3) is 2.66. The molecule has 1 atom stereocenters. The average Bonchev–Trinajstić information content (AvgIpc) is 3.23. The van der Waals surface area contributed by atoms with Gasteiger partial charge in [0.25, 0.3) is 5.69 Å². The van der Waals surface area contributed by atoms with Crippen molar-refractivity contribution in [3.05, 3.63) is 33.9 Å². The van der Waals surface area contributed by atoms with Gasteiger partial charge in [0.1, 0.15) is 6.07 Å². The number of nitriles is 1. The molecule has 0 heterocycles. The first-order valence-electron chi connectivity index (χ1n) is 6.17. The van der Waals surface area contributed by atoms with E-state index in [4.69, 9.17) is 11.0 Å². The molecule has 1 saturated carbocycles. The van der Waals surface area contributed by atoms with E-state index in [1.165, 1.54) is 12.1 Å². The van der Waals surface area contributed by atoms with Crippen LogP contribution in [0.3, 0.4) is 0 Å². The Morgan fingerprint density at radius 2 is 2.32 bits per heavy atom. The Morgan fingerprint density at radius 1 is 1.63 bits per heavy atom. The van der Waals surface area contributed by atoms with Crippen LogP contribution in [0.15, 0.2) is 18.2 Å². The van der Waals surface area contributed by atoms with E-state index in [1.807, 2.05) is 13.0 Å². The van der Waals surface area contributed by atoms with Crippen molar-refractivity contribution in [3.63, 3.8) is 0 Å². The standard InChI is InChI=1S/C13H16N4O2/c1-13(8-15,10-2-3-10)16-12-5-4-11(17(18)19)6-9(12)7-14/h4-6,10,16H,2-3,8,15H2,1H3. The van der Waals surface area contributed by atoms with E-state index in [9.17, 15) is 10.1 Å². The van der Waals surface area contributed by atoms with Gasteiger partial charge < -0.3 is 11.1 Å². The summed E-state index contributed by atoms with van der Waals surface area (Å²) in [4.78, 5) is 10.2. The summed E-state index contributed by atoms with van der Waals surface area (Å²) in [6.45, 7) is 2.48. The monoisotopic (exact) mass is 260 g/mol. The summed E-state index contributed by atoms with van der Waals surface area (Å²) in [5.74, 6) is 0.499. The summed E-state index contributed by atoms with van der Waals surface area (Å²) in [6.07, 6.45) is 2.24. The van der Waals surface area contributed by atoms with Gasteiger partial charge in [0.05, 0.1) is 16.2 Å². The zero-order valence-electron chi connectivity index (χ0n) is 10.7. The molecule has 1 aromatic carbocycles. The molecule has 6 nitrogen and oxygen atoms in total. The van der Waals surface area contributed by atoms with Crippen molar-refractivity contribution < 1.29 is 4.92 Å². The highest BCUT2D eigenvalue weighted by Crippen LogP contribution is 2.41. The number of anilines is 1. The van der Waals surface area contributed by atoms with Crippen LogP contribution in [0, 0.1) is 27.4 Å². The second-order valence-corrected chi connectivity index (χ2v) is 5.12. The molecule has 1 aliphatic carbocycles. The van der Waals surface area contributed by atoms with Crippen molar-refractivity contribution in [1.29, 1.82) is 5.26 Å². The molecule has 0 bridgehead atoms. The van der Waals surface area contributed by atoms with Gasteiger partial charge >= 0.3 is 0 Å². The maximum Gasteiger partial charge on any atom is 0.270 e. The molecule has 0 radical (unpaired) electrons. The number of hydrogen-bond donors (Lipinski definition) is 2. The molecule has 0 aromatic heterocycles. The van der Waals surface area contributed by atoms with Crippen LogP contribution in [-0.2, 0) is 0 Å². The largest absolute Gasteiger partial charge is 0.377 e. The van der Waals surface area contributed by atoms with E-state index in [0.29, 0.717) is 18.2 Å². The number of nitrogens with two attached hydrogens (primary N) is 1. The molecular weight excluding hydrogens is 244 g/mol. The Balaban J connectivity index is 2.30. The Morgan fingerprint density at radius 3 is 2.79 bits per heavy atom. The summed E-state index contributed by atoms with van der Waals surface area (Å²) in [7, 11) is 0. The van der Waals surface area contributed by atoms with E-state index < -0.39 is 4.92 Å². The Hall–Kier alpha value is -2.13. The fourth-order valence-electron chi connectivity index (χ4n) is 2.20. The van der Waals surface area contributed by atoms with Crippen LogP contribution in [0.2, 0.25) is 0 Å². The number of nitro groups is 1. The second kappa shape index (κ2) is 4.86. The summed E-state index contributed by atoms with van der Waals surface area (Å²) in [5, 5.41) is 23.1. The van der Waals surface area contributed by atoms with Crippen molar-refractivity contribution in [2.75, 3.05) is 11.9 Å². The number of nitrogens with zero attached hydrogens (tertiary/aromatic N) is 2. The molecule has 1 aromatic rings. The van der Waals surface area contributed by atoms with Crippen molar-refractivity contribution in [2.24, 2.45) is 11.7 Å². The quantitative estimate of drug-likeness (QED) is 0.622. The molecule has 0 spiro atoms. The maximum absolute atomic E-state index is 10.7. The minimum atomic E-state index is -0.506. The van der Waals surface area contributed by atoms with Gasteiger partial charge in [-0.05, 0) is 31.7 Å². The van der Waals surface area contributed by atoms with Crippen LogP contribution < -0.4 is 11.1 Å². The zero-order chi connectivity index (χ0) is 14.0. The van der Waals surface area contributed by atoms with Gasteiger partial charge in [-0.2, -0.15) is 5.26 Å². The second-order valence-electron chi connectivity index (χ2n) is 5.12. The highest BCUT2D eigenvalue weighted by atomic mass is 16.6. The lowest BCUT2D eigenvalue weighted by atomic mass is 9.95. The van der Waals surface area contributed by atoms with Crippen LogP contribution in [0.25, 0.3) is 0 Å². The predicted molar refractivity (Wildman–Crippen MR) is 71.6 cm³/mol. The summed E-state index contributed by atoms with van der Waals surface area (Å²) >= 11 is 0. The third-order valence-electron chi connectivity index (χ3n) is 3.66. The van der Waals surface area contributed by atoms with Gasteiger partial charge in [-0.15, -0.1) is 0 Å². The molecule has 1 fully saturated rings. The fourth-order valence-corrected chi connectivity index (χ4v) is 2.20. The summed E-state index contributed by atoms with van der Waals surface area (Å²) in [5.41, 5.74) is 6.35. The molecule has 6 heteroatoms. The van der Waals surface area contributed by atoms with Crippen LogP contribution in [-0.4, -0.2) is 17.0 Å². The number of rotatable bonds is 5. The van der Waals surface area contributed by atoms with Crippen molar-refractivity contribution >= 4 is 11.4 Å². The lowest BCUT2D eigenvalue weighted by Gasteiger charge is -2.31. The van der Waals surface area contributed by atoms with Crippen LogP contribution in [0.5, 0.6) is 0 Å². The van der Waals surface area contributed by atoms with E-state index in [2.05, 4.69) is 5.32 Å². The molecule has 1 aliphatic rings. The lowest BCUT2D eigenvalue weighted by Crippen LogP contribution is -2.44. The molecule has 1 unspecified atom stereocenters. The first kappa shape index (κ1) is 13.3. The third-order valence-corrected chi connectivity index (χ3v) is 3.66. The number of nitro benzene ring substituents is 1. The van der Waals surface area contributed by atoms with Crippen LogP contribution in [0.1, 0.15) is 25.3 Å². The number of hydrogen-bond acceptors (Lipinski definition) is 5.